The monoisotopic (exact) mass is 209 g/mol. The molecule has 0 aliphatic rings. The summed E-state index contributed by atoms with van der Waals surface area (Å²) in [5, 5.41) is 10.2. The first-order valence-corrected chi connectivity index (χ1v) is 4.52. The van der Waals surface area contributed by atoms with Crippen LogP contribution in [0.4, 0.5) is 0 Å². The molecular weight excluding hydrogens is 202 g/mol. The average Bonchev–Trinajstić information content (AvgIpc) is 2.44. The molecule has 0 bridgehead atoms. The molecule has 1 heterocycles. The topological polar surface area (TPSA) is 53.1 Å². The Bertz CT molecular complexity index is 490. The number of hydrogen-bond donors (Lipinski definition) is 2. The quantitative estimate of drug-likeness (QED) is 0.798. The lowest BCUT2D eigenvalue weighted by molar-refractivity contribution is -0.136. The Kier molecular flexibility index (Phi) is 2.17. The van der Waals surface area contributed by atoms with E-state index in [0.29, 0.717) is 10.7 Å². The number of aromatic amines is 1. The molecule has 2 N–H and O–H groups in total. The van der Waals surface area contributed by atoms with Gasteiger partial charge in [0.25, 0.3) is 0 Å². The number of halogens is 1. The van der Waals surface area contributed by atoms with Gasteiger partial charge in [-0.15, -0.1) is 0 Å². The van der Waals surface area contributed by atoms with E-state index in [0.717, 1.165) is 10.9 Å². The zero-order valence-electron chi connectivity index (χ0n) is 7.25. The number of rotatable bonds is 2. The Labute approximate surface area is 85.3 Å². The molecule has 0 radical (unpaired) electrons. The predicted molar refractivity (Wildman–Crippen MR) is 54.6 cm³/mol. The summed E-state index contributed by atoms with van der Waals surface area (Å²) in [6, 6.07) is 7.21. The van der Waals surface area contributed by atoms with E-state index in [2.05, 4.69) is 4.98 Å². The lowest BCUT2D eigenvalue weighted by Crippen LogP contribution is -1.99. The van der Waals surface area contributed by atoms with E-state index in [-0.39, 0.29) is 6.42 Å². The van der Waals surface area contributed by atoms with Crippen LogP contribution in [0.15, 0.2) is 24.3 Å². The average molecular weight is 210 g/mol. The molecule has 2 rings (SSSR count). The number of hydrogen-bond acceptors (Lipinski definition) is 1. The lowest BCUT2D eigenvalue weighted by atomic mass is 10.2. The fraction of sp³-hybridized carbons (Fsp3) is 0.100. The summed E-state index contributed by atoms with van der Waals surface area (Å²) in [7, 11) is 0. The van der Waals surface area contributed by atoms with E-state index < -0.39 is 5.97 Å². The minimum atomic E-state index is -0.845. The summed E-state index contributed by atoms with van der Waals surface area (Å²) >= 11 is 5.80. The summed E-state index contributed by atoms with van der Waals surface area (Å²) in [5.41, 5.74) is 1.60. The van der Waals surface area contributed by atoms with E-state index in [1.807, 2.05) is 6.07 Å². The van der Waals surface area contributed by atoms with Crippen molar-refractivity contribution in [2.24, 2.45) is 0 Å². The van der Waals surface area contributed by atoms with E-state index in [4.69, 9.17) is 16.7 Å². The standard InChI is InChI=1S/C10H8ClNO2/c11-7-1-2-9-6(3-7)4-8(12-9)5-10(13)14/h1-4,12H,5H2,(H,13,14). The van der Waals surface area contributed by atoms with Crippen molar-refractivity contribution >= 4 is 28.5 Å². The van der Waals surface area contributed by atoms with Crippen molar-refractivity contribution in [3.05, 3.63) is 35.0 Å². The molecule has 0 unspecified atom stereocenters. The number of aliphatic carboxylic acids is 1. The molecule has 14 heavy (non-hydrogen) atoms. The van der Waals surface area contributed by atoms with Gasteiger partial charge in [-0.05, 0) is 24.3 Å². The van der Waals surface area contributed by atoms with Crippen LogP contribution in [0.2, 0.25) is 5.02 Å². The Morgan fingerprint density at radius 3 is 2.93 bits per heavy atom. The van der Waals surface area contributed by atoms with Crippen molar-refractivity contribution in [3.8, 4) is 0 Å². The summed E-state index contributed by atoms with van der Waals surface area (Å²) in [5.74, 6) is -0.845. The second-order valence-corrected chi connectivity index (χ2v) is 3.53. The Morgan fingerprint density at radius 2 is 2.21 bits per heavy atom. The number of carboxylic acids is 1. The van der Waals surface area contributed by atoms with Gasteiger partial charge in [0.05, 0.1) is 6.42 Å². The molecule has 0 saturated heterocycles. The van der Waals surface area contributed by atoms with Crippen LogP contribution in [0.3, 0.4) is 0 Å². The van der Waals surface area contributed by atoms with Crippen molar-refractivity contribution in [1.29, 1.82) is 0 Å². The second kappa shape index (κ2) is 3.35. The maximum Gasteiger partial charge on any atom is 0.309 e. The SMILES string of the molecule is O=C(O)Cc1cc2cc(Cl)ccc2[nH]1. The maximum absolute atomic E-state index is 10.5. The van der Waals surface area contributed by atoms with Gasteiger partial charge in [-0.3, -0.25) is 4.79 Å². The van der Waals surface area contributed by atoms with Crippen LogP contribution in [0.1, 0.15) is 5.69 Å². The Hall–Kier alpha value is -1.48. The number of aromatic nitrogens is 1. The molecular formula is C10H8ClNO2. The first-order chi connectivity index (χ1) is 6.65. The first kappa shape index (κ1) is 9.09. The van der Waals surface area contributed by atoms with Crippen LogP contribution in [0, 0.1) is 0 Å². The first-order valence-electron chi connectivity index (χ1n) is 4.14. The van der Waals surface area contributed by atoms with Crippen molar-refractivity contribution in [2.75, 3.05) is 0 Å². The highest BCUT2D eigenvalue weighted by molar-refractivity contribution is 6.31. The molecule has 2 aromatic rings. The zero-order valence-corrected chi connectivity index (χ0v) is 8.01. The van der Waals surface area contributed by atoms with Crippen LogP contribution in [-0.2, 0) is 11.2 Å². The summed E-state index contributed by atoms with van der Waals surface area (Å²) in [6.45, 7) is 0. The summed E-state index contributed by atoms with van der Waals surface area (Å²) < 4.78 is 0. The minimum Gasteiger partial charge on any atom is -0.481 e. The van der Waals surface area contributed by atoms with Crippen LogP contribution in [-0.4, -0.2) is 16.1 Å². The molecule has 0 aliphatic carbocycles. The molecule has 0 spiro atoms. The Morgan fingerprint density at radius 1 is 1.43 bits per heavy atom. The molecule has 1 aromatic carbocycles. The molecule has 0 amide bonds. The molecule has 4 heteroatoms. The molecule has 0 aliphatic heterocycles. The fourth-order valence-corrected chi connectivity index (χ4v) is 1.60. The van der Waals surface area contributed by atoms with Crippen molar-refractivity contribution in [1.82, 2.24) is 4.98 Å². The third-order valence-electron chi connectivity index (χ3n) is 1.98. The van der Waals surface area contributed by atoms with Crippen molar-refractivity contribution in [2.45, 2.75) is 6.42 Å². The fourth-order valence-electron chi connectivity index (χ4n) is 1.42. The summed E-state index contributed by atoms with van der Waals surface area (Å²) in [6.07, 6.45) is 0.00625. The molecule has 1 aromatic heterocycles. The Balaban J connectivity index is 2.46. The molecule has 72 valence electrons. The van der Waals surface area contributed by atoms with Gasteiger partial charge < -0.3 is 10.1 Å². The highest BCUT2D eigenvalue weighted by Gasteiger charge is 2.04. The molecule has 0 atom stereocenters. The van der Waals surface area contributed by atoms with Crippen LogP contribution < -0.4 is 0 Å². The largest absolute Gasteiger partial charge is 0.481 e. The number of nitrogens with one attached hydrogen (secondary N) is 1. The number of carboxylic acid groups (broad SMARTS) is 1. The number of carbonyl (C=O) groups is 1. The number of H-pyrrole nitrogens is 1. The van der Waals surface area contributed by atoms with Crippen LogP contribution in [0.25, 0.3) is 10.9 Å². The van der Waals surface area contributed by atoms with Gasteiger partial charge in [0.2, 0.25) is 0 Å². The summed E-state index contributed by atoms with van der Waals surface area (Å²) in [4.78, 5) is 13.5. The number of fused-ring (bicyclic) bond motifs is 1. The van der Waals surface area contributed by atoms with Crippen LogP contribution >= 0.6 is 11.6 Å². The highest BCUT2D eigenvalue weighted by atomic mass is 35.5. The minimum absolute atomic E-state index is 0.00625. The lowest BCUT2D eigenvalue weighted by Gasteiger charge is -1.89. The number of benzene rings is 1. The normalized spacial score (nSPS) is 10.6. The molecule has 0 saturated carbocycles. The van der Waals surface area contributed by atoms with Gasteiger partial charge in [-0.25, -0.2) is 0 Å². The maximum atomic E-state index is 10.5. The third-order valence-corrected chi connectivity index (χ3v) is 2.22. The van der Waals surface area contributed by atoms with Gasteiger partial charge in [0.15, 0.2) is 0 Å². The van der Waals surface area contributed by atoms with Gasteiger partial charge in [0.1, 0.15) is 0 Å². The molecule has 0 fully saturated rings. The third kappa shape index (κ3) is 1.72. The second-order valence-electron chi connectivity index (χ2n) is 3.10. The van der Waals surface area contributed by atoms with Gasteiger partial charge in [-0.2, -0.15) is 0 Å². The van der Waals surface area contributed by atoms with Gasteiger partial charge in [0, 0.05) is 21.6 Å². The van der Waals surface area contributed by atoms with E-state index >= 15 is 0 Å². The predicted octanol–water partition coefficient (Wildman–Crippen LogP) is 2.45. The van der Waals surface area contributed by atoms with Crippen LogP contribution in [0.5, 0.6) is 0 Å². The zero-order chi connectivity index (χ0) is 10.1. The van der Waals surface area contributed by atoms with Crippen molar-refractivity contribution in [3.63, 3.8) is 0 Å². The van der Waals surface area contributed by atoms with E-state index in [1.165, 1.54) is 0 Å². The van der Waals surface area contributed by atoms with E-state index in [1.54, 1.807) is 18.2 Å². The van der Waals surface area contributed by atoms with Crippen molar-refractivity contribution < 1.29 is 9.90 Å². The van der Waals surface area contributed by atoms with Gasteiger partial charge in [-0.1, -0.05) is 11.6 Å². The smallest absolute Gasteiger partial charge is 0.309 e. The highest BCUT2D eigenvalue weighted by Crippen LogP contribution is 2.20. The molecule has 3 nitrogen and oxygen atoms in total. The van der Waals surface area contributed by atoms with E-state index in [9.17, 15) is 4.79 Å². The van der Waals surface area contributed by atoms with Gasteiger partial charge >= 0.3 is 5.97 Å².